The summed E-state index contributed by atoms with van der Waals surface area (Å²) in [6.45, 7) is -5.16. The van der Waals surface area contributed by atoms with Gasteiger partial charge >= 0.3 is 0 Å². The lowest BCUT2D eigenvalue weighted by molar-refractivity contribution is -0.134. The molecule has 5 nitrogen and oxygen atoms in total. The molecule has 0 unspecified atom stereocenters. The van der Waals surface area contributed by atoms with Gasteiger partial charge < -0.3 is 15.5 Å². The third-order valence-electron chi connectivity index (χ3n) is 7.17. The van der Waals surface area contributed by atoms with Gasteiger partial charge in [-0.05, 0) is 93.7 Å². The van der Waals surface area contributed by atoms with E-state index in [1.165, 1.54) is 11.1 Å². The summed E-state index contributed by atoms with van der Waals surface area (Å²) >= 11 is 6.39. The second kappa shape index (κ2) is 12.8. The lowest BCUT2D eigenvalue weighted by Gasteiger charge is -2.48. The Morgan fingerprint density at radius 1 is 0.944 bits per heavy atom. The number of halogens is 3. The second-order valence-electron chi connectivity index (χ2n) is 9.08. The summed E-state index contributed by atoms with van der Waals surface area (Å²) in [5.74, 6) is -1.10. The first-order valence-electron chi connectivity index (χ1n) is 16.8. The number of hydrogen-bond acceptors (Lipinski definition) is 4. The summed E-state index contributed by atoms with van der Waals surface area (Å²) in [5.41, 5.74) is 8.30. The van der Waals surface area contributed by atoms with Gasteiger partial charge in [0.2, 0.25) is 5.91 Å². The van der Waals surface area contributed by atoms with Gasteiger partial charge in [0.15, 0.2) is 0 Å². The largest absolute Gasteiger partial charge is 0.368 e. The zero-order chi connectivity index (χ0) is 32.5. The number of fused-ring (bicyclic) bond motifs is 2. The molecule has 1 amide bonds. The molecule has 0 aromatic heterocycles. The van der Waals surface area contributed by atoms with E-state index in [9.17, 15) is 4.79 Å². The number of rotatable bonds is 6. The fourth-order valence-corrected chi connectivity index (χ4v) is 5.41. The molecule has 3 aliphatic heterocycles. The van der Waals surface area contributed by atoms with Gasteiger partial charge in [-0.2, -0.15) is 0 Å². The van der Waals surface area contributed by atoms with Gasteiger partial charge in [-0.15, -0.1) is 24.8 Å². The maximum Gasteiger partial charge on any atom is 0.238 e. The summed E-state index contributed by atoms with van der Waals surface area (Å²) in [6.07, 6.45) is -8.45. The third-order valence-corrected chi connectivity index (χ3v) is 7.41. The third kappa shape index (κ3) is 5.97. The molecule has 0 bridgehead atoms. The molecule has 0 saturated carbocycles. The molecule has 2 saturated heterocycles. The molecule has 3 aliphatic rings. The number of anilines is 2. The lowest BCUT2D eigenvalue weighted by atomic mass is 9.83. The smallest absolute Gasteiger partial charge is 0.238 e. The van der Waals surface area contributed by atoms with Gasteiger partial charge in [0.1, 0.15) is 5.54 Å². The van der Waals surface area contributed by atoms with Crippen LogP contribution >= 0.6 is 36.4 Å². The van der Waals surface area contributed by atoms with Crippen LogP contribution in [0.15, 0.2) is 42.5 Å². The number of amides is 1. The van der Waals surface area contributed by atoms with Crippen molar-refractivity contribution in [3.8, 4) is 0 Å². The molecule has 198 valence electrons. The highest BCUT2D eigenvalue weighted by atomic mass is 35.5. The summed E-state index contributed by atoms with van der Waals surface area (Å²) in [5, 5.41) is 0.645. The molecule has 3 heterocycles. The molecule has 0 atom stereocenters. The van der Waals surface area contributed by atoms with Crippen LogP contribution in [0.2, 0.25) is 5.02 Å². The fourth-order valence-electron chi connectivity index (χ4n) is 5.25. The predicted octanol–water partition coefficient (Wildman–Crippen LogP) is 5.62. The topological polar surface area (TPSA) is 52.8 Å². The molecule has 5 rings (SSSR count). The number of carbonyl (C=O) groups is 1. The number of benzene rings is 2. The van der Waals surface area contributed by atoms with E-state index >= 15 is 0 Å². The highest BCUT2D eigenvalue weighted by Crippen LogP contribution is 2.38. The van der Waals surface area contributed by atoms with Crippen molar-refractivity contribution in [2.75, 3.05) is 44.1 Å². The quantitative estimate of drug-likeness (QED) is 0.496. The molecule has 2 aromatic carbocycles. The van der Waals surface area contributed by atoms with Crippen LogP contribution in [0.5, 0.6) is 0 Å². The van der Waals surface area contributed by atoms with Crippen LogP contribution in [-0.2, 0) is 17.6 Å². The van der Waals surface area contributed by atoms with Crippen molar-refractivity contribution in [3.05, 3.63) is 58.6 Å². The monoisotopic (exact) mass is 562 g/mol. The van der Waals surface area contributed by atoms with Gasteiger partial charge in [0.25, 0.3) is 0 Å². The summed E-state index contributed by atoms with van der Waals surface area (Å²) in [7, 11) is 0. The molecular formula is C28H39Cl3N4O. The van der Waals surface area contributed by atoms with Crippen molar-refractivity contribution in [2.24, 2.45) is 5.73 Å². The van der Waals surface area contributed by atoms with E-state index in [1.54, 1.807) is 0 Å². The molecule has 0 spiro atoms. The van der Waals surface area contributed by atoms with Gasteiger partial charge in [-0.3, -0.25) is 9.69 Å². The number of hydrogen-bond donors (Lipinski definition) is 1. The molecule has 2 aromatic rings. The first-order chi connectivity index (χ1) is 20.3. The van der Waals surface area contributed by atoms with Crippen molar-refractivity contribution in [2.45, 2.75) is 56.8 Å². The lowest BCUT2D eigenvalue weighted by Crippen LogP contribution is -2.63. The maximum atomic E-state index is 13.0. The molecule has 2 fully saturated rings. The van der Waals surface area contributed by atoms with Crippen LogP contribution in [0.4, 0.5) is 11.4 Å². The Morgan fingerprint density at radius 3 is 2.31 bits per heavy atom. The van der Waals surface area contributed by atoms with E-state index in [0.717, 1.165) is 24.2 Å². The van der Waals surface area contributed by atoms with Crippen molar-refractivity contribution < 1.29 is 18.5 Å². The van der Waals surface area contributed by atoms with Crippen molar-refractivity contribution in [1.29, 1.82) is 0 Å². The fraction of sp³-hybridized carbons (Fsp3) is 0.536. The number of nitrogens with two attached hydrogens (primary N) is 1. The van der Waals surface area contributed by atoms with E-state index < -0.39 is 43.6 Å². The molecule has 2 N–H and O–H groups in total. The van der Waals surface area contributed by atoms with Crippen molar-refractivity contribution >= 4 is 53.7 Å². The van der Waals surface area contributed by atoms with Gasteiger partial charge in [0, 0.05) is 49.7 Å². The molecule has 8 heteroatoms. The van der Waals surface area contributed by atoms with Gasteiger partial charge in [-0.25, -0.2) is 0 Å². The number of likely N-dealkylation sites (tertiary alicyclic amines) is 2. The number of aryl methyl sites for hydroxylation is 2. The highest BCUT2D eigenvalue weighted by Gasteiger charge is 2.44. The van der Waals surface area contributed by atoms with Crippen LogP contribution < -0.4 is 10.6 Å². The Bertz CT molecular complexity index is 1410. The van der Waals surface area contributed by atoms with Gasteiger partial charge in [-0.1, -0.05) is 42.2 Å². The Kier molecular flexibility index (Phi) is 6.39. The minimum Gasteiger partial charge on any atom is -0.368 e. The summed E-state index contributed by atoms with van der Waals surface area (Å²) in [4.78, 5) is 17.6. The molecule has 36 heavy (non-hydrogen) atoms. The zero-order valence-electron chi connectivity index (χ0n) is 29.9. The number of primary amides is 1. The van der Waals surface area contributed by atoms with Crippen LogP contribution in [0, 0.1) is 0 Å². The number of carbonyl (C=O) groups excluding carboxylic acids is 1. The molecule has 0 radical (unpaired) electrons. The van der Waals surface area contributed by atoms with Crippen molar-refractivity contribution in [1.82, 2.24) is 9.80 Å². The van der Waals surface area contributed by atoms with Crippen LogP contribution in [0.3, 0.4) is 0 Å². The van der Waals surface area contributed by atoms with Crippen LogP contribution in [-0.4, -0.2) is 60.4 Å². The first-order valence-corrected chi connectivity index (χ1v) is 12.2. The van der Waals surface area contributed by atoms with E-state index in [2.05, 4.69) is 23.1 Å². The van der Waals surface area contributed by atoms with E-state index in [4.69, 9.17) is 31.0 Å². The first kappa shape index (κ1) is 17.9. The minimum atomic E-state index is -3.56. The average Bonchev–Trinajstić information content (AvgIpc) is 3.09. The van der Waals surface area contributed by atoms with Gasteiger partial charge in [0.05, 0.1) is 0 Å². The van der Waals surface area contributed by atoms with E-state index in [-0.39, 0.29) is 55.6 Å². The maximum absolute atomic E-state index is 13.0. The Morgan fingerprint density at radius 2 is 1.61 bits per heavy atom. The Labute approximate surface area is 247 Å². The number of piperidine rings is 2. The van der Waals surface area contributed by atoms with Crippen LogP contribution in [0.25, 0.3) is 0 Å². The normalized spacial score (nSPS) is 30.9. The predicted molar refractivity (Wildman–Crippen MR) is 154 cm³/mol. The van der Waals surface area contributed by atoms with E-state index in [0.29, 0.717) is 24.5 Å². The molecule has 0 aliphatic carbocycles. The van der Waals surface area contributed by atoms with Crippen molar-refractivity contribution in [3.63, 3.8) is 0 Å². The highest BCUT2D eigenvalue weighted by molar-refractivity contribution is 6.30. The van der Waals surface area contributed by atoms with E-state index in [1.807, 2.05) is 29.2 Å². The Balaban J connectivity index is 0.00000288. The summed E-state index contributed by atoms with van der Waals surface area (Å²) < 4.78 is 83.7. The van der Waals surface area contributed by atoms with Crippen LogP contribution in [0.1, 0.15) is 63.2 Å². The average molecular weight is 564 g/mol. The number of para-hydroxylation sites is 1. The Hall–Kier alpha value is -1.50. The minimum absolute atomic E-state index is 0. The zero-order valence-corrected chi connectivity index (χ0v) is 22.3. The second-order valence-corrected chi connectivity index (χ2v) is 9.51. The number of nitrogens with zero attached hydrogens (tertiary/aromatic N) is 3. The SMILES string of the molecule is Cl.Cl.[2H]C1([2H])N(C2(C(N)=O)CCN(CCCN3c4ccccc4CCc4ccc(Cl)cc43)CC2)C([2H])([2H])C([2H])([2H])C([2H])([2H])C1([2H])[2H]. The standard InChI is InChI=1S/C28H37ClN4O.2ClH/c29-24-12-11-23-10-9-22-7-2-3-8-25(22)33(26(23)21-24)18-6-15-31-19-13-28(14-20-31,27(30)34)32-16-4-1-5-17-32;;/h2-3,7-8,11-12,21H,1,4-6,9-10,13-20H2,(H2,30,34);2*1H/i1D2,4D2,5D2,16D2,17D2;;. The summed E-state index contributed by atoms with van der Waals surface area (Å²) in [6, 6.07) is 14.2. The molecular weight excluding hydrogens is 515 g/mol.